The van der Waals surface area contributed by atoms with Gasteiger partial charge in [-0.2, -0.15) is 0 Å². The third-order valence-electron chi connectivity index (χ3n) is 11.0. The van der Waals surface area contributed by atoms with Crippen LogP contribution in [0.5, 0.6) is 0 Å². The summed E-state index contributed by atoms with van der Waals surface area (Å²) in [6.07, 6.45) is 7.90. The molecule has 3 N–H and O–H groups in total. The molecule has 0 unspecified atom stereocenters. The van der Waals surface area contributed by atoms with Crippen LogP contribution in [-0.2, 0) is 4.79 Å². The van der Waals surface area contributed by atoms with Crippen LogP contribution in [0, 0.1) is 58.2 Å². The zero-order valence-electron chi connectivity index (χ0n) is 19.7. The minimum Gasteiger partial charge on any atom is -0.481 e. The second-order valence-electron chi connectivity index (χ2n) is 12.4. The van der Waals surface area contributed by atoms with Crippen molar-refractivity contribution in [2.45, 2.75) is 98.2 Å². The molecule has 0 saturated heterocycles. The lowest BCUT2D eigenvalue weighted by Crippen LogP contribution is -2.61. The molecule has 0 spiro atoms. The number of hydrogen-bond donors (Lipinski definition) is 3. The second-order valence-corrected chi connectivity index (χ2v) is 12.4. The first-order valence-electron chi connectivity index (χ1n) is 12.6. The van der Waals surface area contributed by atoms with Gasteiger partial charge in [-0.25, -0.2) is 0 Å². The summed E-state index contributed by atoms with van der Waals surface area (Å²) in [5.41, 5.74) is 0.461. The maximum Gasteiger partial charge on any atom is 0.306 e. The number of carboxylic acid groups (broad SMARTS) is 1. The summed E-state index contributed by atoms with van der Waals surface area (Å²) in [7, 11) is 0. The number of carbonyl (C=O) groups is 1. The van der Waals surface area contributed by atoms with Crippen molar-refractivity contribution in [1.82, 2.24) is 0 Å². The lowest BCUT2D eigenvalue weighted by Gasteiger charge is -2.64. The van der Waals surface area contributed by atoms with Crippen molar-refractivity contribution in [2.24, 2.45) is 58.2 Å². The van der Waals surface area contributed by atoms with Gasteiger partial charge in [-0.05, 0) is 104 Å². The van der Waals surface area contributed by atoms with Crippen LogP contribution < -0.4 is 0 Å². The molecule has 4 nitrogen and oxygen atoms in total. The zero-order chi connectivity index (χ0) is 22.0. The summed E-state index contributed by atoms with van der Waals surface area (Å²) in [4.78, 5) is 11.4. The van der Waals surface area contributed by atoms with E-state index in [1.807, 2.05) is 6.92 Å². The Morgan fingerprint density at radius 1 is 0.967 bits per heavy atom. The first-order valence-corrected chi connectivity index (χ1v) is 12.6. The summed E-state index contributed by atoms with van der Waals surface area (Å²) in [6.45, 7) is 11.3. The average molecular weight is 421 g/mol. The normalized spacial score (nSPS) is 52.6. The fourth-order valence-corrected chi connectivity index (χ4v) is 9.45. The molecule has 4 aliphatic rings. The van der Waals surface area contributed by atoms with Gasteiger partial charge in [0.05, 0.1) is 18.1 Å². The highest BCUT2D eigenvalue weighted by atomic mass is 16.4. The Labute approximate surface area is 182 Å². The van der Waals surface area contributed by atoms with Crippen molar-refractivity contribution < 1.29 is 20.1 Å². The van der Waals surface area contributed by atoms with Crippen molar-refractivity contribution in [3.05, 3.63) is 0 Å². The summed E-state index contributed by atoms with van der Waals surface area (Å²) in [5.74, 6) is 2.15. The van der Waals surface area contributed by atoms with Gasteiger partial charge in [0, 0.05) is 0 Å². The molecule has 4 fully saturated rings. The lowest BCUT2D eigenvalue weighted by molar-refractivity contribution is -0.199. The number of fused-ring (bicyclic) bond motifs is 5. The van der Waals surface area contributed by atoms with E-state index in [0.717, 1.165) is 25.7 Å². The molecule has 4 heteroatoms. The van der Waals surface area contributed by atoms with E-state index < -0.39 is 5.97 Å². The third-order valence-corrected chi connectivity index (χ3v) is 11.0. The summed E-state index contributed by atoms with van der Waals surface area (Å²) >= 11 is 0. The highest BCUT2D eigenvalue weighted by Crippen LogP contribution is 2.69. The van der Waals surface area contributed by atoms with Crippen molar-refractivity contribution in [1.29, 1.82) is 0 Å². The van der Waals surface area contributed by atoms with Gasteiger partial charge in [0.25, 0.3) is 0 Å². The van der Waals surface area contributed by atoms with E-state index in [-0.39, 0.29) is 34.9 Å². The van der Waals surface area contributed by atoms with Gasteiger partial charge < -0.3 is 15.3 Å². The van der Waals surface area contributed by atoms with Gasteiger partial charge in [-0.3, -0.25) is 4.79 Å². The Kier molecular flexibility index (Phi) is 5.84. The predicted molar refractivity (Wildman–Crippen MR) is 118 cm³/mol. The number of aliphatic hydroxyl groups excluding tert-OH is 2. The molecule has 4 rings (SSSR count). The lowest BCUT2D eigenvalue weighted by atomic mass is 9.42. The molecule has 0 aromatic rings. The monoisotopic (exact) mass is 420 g/mol. The summed E-state index contributed by atoms with van der Waals surface area (Å²) in [6, 6.07) is 0. The highest BCUT2D eigenvalue weighted by Gasteiger charge is 2.64. The molecule has 0 aromatic carbocycles. The molecule has 0 amide bonds. The Morgan fingerprint density at radius 3 is 2.27 bits per heavy atom. The van der Waals surface area contributed by atoms with E-state index in [4.69, 9.17) is 0 Å². The SMILES string of the molecule is C[C@H]1[C@@H](O)[C@@H]2[C@H](CC[C@]3(C)[C@@H]([C@H](C)C[C@@H](C)C(=O)O)CC[C@@H]23)[C@@]2(C)CC[C@@H](O)C[C@@H]12. The maximum absolute atomic E-state index is 11.6. The standard InChI is InChI=1S/C26H44O4/c1-14(12-15(2)24(29)30)18-6-7-19-22-20(9-11-25(18,19)4)26(5)10-8-17(27)13-21(26)16(3)23(22)28/h14-23,27-28H,6-13H2,1-5H3,(H,29,30)/t14-,15-,16-,17-,18-,19+,20+,21+,22+,23-,25-,26-/m1/s1. The van der Waals surface area contributed by atoms with E-state index in [0.29, 0.717) is 35.5 Å². The fourth-order valence-electron chi connectivity index (χ4n) is 9.45. The first-order chi connectivity index (χ1) is 14.0. The smallest absolute Gasteiger partial charge is 0.306 e. The van der Waals surface area contributed by atoms with E-state index in [2.05, 4.69) is 27.7 Å². The number of hydrogen-bond acceptors (Lipinski definition) is 3. The Bertz CT molecular complexity index is 663. The largest absolute Gasteiger partial charge is 0.481 e. The molecule has 0 heterocycles. The fraction of sp³-hybridized carbons (Fsp3) is 0.962. The van der Waals surface area contributed by atoms with Crippen LogP contribution >= 0.6 is 0 Å². The van der Waals surface area contributed by atoms with E-state index in [1.54, 1.807) is 0 Å². The van der Waals surface area contributed by atoms with E-state index in [1.165, 1.54) is 25.7 Å². The van der Waals surface area contributed by atoms with Crippen LogP contribution in [0.3, 0.4) is 0 Å². The molecule has 30 heavy (non-hydrogen) atoms. The van der Waals surface area contributed by atoms with Crippen molar-refractivity contribution >= 4 is 5.97 Å². The van der Waals surface area contributed by atoms with Gasteiger partial charge >= 0.3 is 5.97 Å². The van der Waals surface area contributed by atoms with Crippen LogP contribution in [0.15, 0.2) is 0 Å². The van der Waals surface area contributed by atoms with Crippen molar-refractivity contribution in [3.8, 4) is 0 Å². The zero-order valence-corrected chi connectivity index (χ0v) is 19.7. The predicted octanol–water partition coefficient (Wildman–Crippen LogP) is 4.97. The Morgan fingerprint density at radius 2 is 1.60 bits per heavy atom. The first kappa shape index (κ1) is 22.6. The molecule has 0 aromatic heterocycles. The molecule has 4 saturated carbocycles. The van der Waals surface area contributed by atoms with E-state index in [9.17, 15) is 20.1 Å². The van der Waals surface area contributed by atoms with Crippen LogP contribution in [0.4, 0.5) is 0 Å². The van der Waals surface area contributed by atoms with Gasteiger partial charge in [0.2, 0.25) is 0 Å². The average Bonchev–Trinajstić information content (AvgIpc) is 3.04. The van der Waals surface area contributed by atoms with Crippen LogP contribution in [0.25, 0.3) is 0 Å². The van der Waals surface area contributed by atoms with Gasteiger partial charge in [0.1, 0.15) is 0 Å². The highest BCUT2D eigenvalue weighted by molar-refractivity contribution is 5.69. The molecule has 12 atom stereocenters. The van der Waals surface area contributed by atoms with Gasteiger partial charge in [-0.1, -0.05) is 34.6 Å². The molecule has 0 radical (unpaired) electrons. The number of rotatable bonds is 4. The molecule has 172 valence electrons. The van der Waals surface area contributed by atoms with Crippen molar-refractivity contribution in [2.75, 3.05) is 0 Å². The van der Waals surface area contributed by atoms with Crippen molar-refractivity contribution in [3.63, 3.8) is 0 Å². The quantitative estimate of drug-likeness (QED) is 0.600. The third kappa shape index (κ3) is 3.27. The summed E-state index contributed by atoms with van der Waals surface area (Å²) in [5, 5.41) is 31.3. The minimum atomic E-state index is -0.680. The molecular formula is C26H44O4. The molecule has 0 aliphatic heterocycles. The number of aliphatic carboxylic acids is 1. The Hall–Kier alpha value is -0.610. The summed E-state index contributed by atoms with van der Waals surface area (Å²) < 4.78 is 0. The van der Waals surface area contributed by atoms with Crippen LogP contribution in [-0.4, -0.2) is 33.5 Å². The number of carboxylic acids is 1. The second kappa shape index (κ2) is 7.76. The van der Waals surface area contributed by atoms with Crippen LogP contribution in [0.2, 0.25) is 0 Å². The topological polar surface area (TPSA) is 77.8 Å². The molecule has 0 bridgehead atoms. The minimum absolute atomic E-state index is 0.198. The number of aliphatic hydroxyl groups is 2. The van der Waals surface area contributed by atoms with E-state index >= 15 is 0 Å². The van der Waals surface area contributed by atoms with Crippen LogP contribution in [0.1, 0.15) is 86.0 Å². The maximum atomic E-state index is 11.6. The molecule has 4 aliphatic carbocycles. The molecular weight excluding hydrogens is 376 g/mol. The van der Waals surface area contributed by atoms with Gasteiger partial charge in [-0.15, -0.1) is 0 Å². The van der Waals surface area contributed by atoms with Gasteiger partial charge in [0.15, 0.2) is 0 Å². The Balaban J connectivity index is 1.59.